The van der Waals surface area contributed by atoms with Gasteiger partial charge in [-0.1, -0.05) is 26.7 Å². The molecule has 2 N–H and O–H groups in total. The Morgan fingerprint density at radius 2 is 1.88 bits per heavy atom. The zero-order valence-electron chi connectivity index (χ0n) is 10.7. The van der Waals surface area contributed by atoms with Gasteiger partial charge in [-0.3, -0.25) is 4.79 Å². The summed E-state index contributed by atoms with van der Waals surface area (Å²) in [6.45, 7) is 5.25. The second-order valence-corrected chi connectivity index (χ2v) is 4.82. The molecule has 0 saturated heterocycles. The van der Waals surface area contributed by atoms with Crippen molar-refractivity contribution in [3.05, 3.63) is 0 Å². The normalized spacial score (nSPS) is 15.4. The van der Waals surface area contributed by atoms with Crippen LogP contribution in [0, 0.1) is 0 Å². The first-order chi connectivity index (χ1) is 7.76. The van der Waals surface area contributed by atoms with Gasteiger partial charge in [-0.05, 0) is 25.7 Å². The molecule has 1 rings (SSSR count). The van der Waals surface area contributed by atoms with Crippen LogP contribution in [0.15, 0.2) is 0 Å². The Bertz CT molecular complexity index is 196. The average molecular weight is 226 g/mol. The van der Waals surface area contributed by atoms with Gasteiger partial charge in [-0.2, -0.15) is 0 Å². The van der Waals surface area contributed by atoms with E-state index >= 15 is 0 Å². The van der Waals surface area contributed by atoms with Crippen LogP contribution in [0.3, 0.4) is 0 Å². The lowest BCUT2D eigenvalue weighted by Gasteiger charge is -2.17. The van der Waals surface area contributed by atoms with E-state index in [2.05, 4.69) is 24.5 Å². The zero-order valence-corrected chi connectivity index (χ0v) is 10.7. The maximum Gasteiger partial charge on any atom is 0.221 e. The first-order valence-electron chi connectivity index (χ1n) is 6.79. The summed E-state index contributed by atoms with van der Waals surface area (Å²) in [7, 11) is 0. The van der Waals surface area contributed by atoms with Crippen LogP contribution in [0.5, 0.6) is 0 Å². The summed E-state index contributed by atoms with van der Waals surface area (Å²) >= 11 is 0. The van der Waals surface area contributed by atoms with Crippen LogP contribution in [0.1, 0.15) is 58.8 Å². The van der Waals surface area contributed by atoms with E-state index in [0.717, 1.165) is 6.54 Å². The highest BCUT2D eigenvalue weighted by atomic mass is 16.1. The van der Waals surface area contributed by atoms with E-state index in [1.807, 2.05) is 0 Å². The van der Waals surface area contributed by atoms with Crippen LogP contribution in [0.2, 0.25) is 0 Å². The van der Waals surface area contributed by atoms with Crippen molar-refractivity contribution >= 4 is 5.91 Å². The molecular weight excluding hydrogens is 200 g/mol. The number of nitrogens with one attached hydrogen (secondary N) is 2. The lowest BCUT2D eigenvalue weighted by atomic mass is 10.1. The molecule has 0 radical (unpaired) electrons. The molecule has 1 aliphatic rings. The number of amides is 1. The third kappa shape index (κ3) is 6.11. The molecule has 0 aromatic carbocycles. The summed E-state index contributed by atoms with van der Waals surface area (Å²) in [5.41, 5.74) is 0. The third-order valence-electron chi connectivity index (χ3n) is 3.00. The summed E-state index contributed by atoms with van der Waals surface area (Å²) in [6, 6.07) is 1.10. The molecule has 0 atom stereocenters. The Balaban J connectivity index is 2.03. The van der Waals surface area contributed by atoms with Crippen molar-refractivity contribution < 1.29 is 4.79 Å². The number of carbonyl (C=O) groups excluding carboxylic acids is 1. The van der Waals surface area contributed by atoms with Crippen LogP contribution < -0.4 is 10.6 Å². The quantitative estimate of drug-likeness (QED) is 0.633. The molecule has 1 aliphatic carbocycles. The Morgan fingerprint density at radius 3 is 2.38 bits per heavy atom. The fourth-order valence-corrected chi connectivity index (χ4v) is 1.96. The monoisotopic (exact) mass is 226 g/mol. The highest BCUT2D eigenvalue weighted by Crippen LogP contribution is 2.18. The van der Waals surface area contributed by atoms with E-state index in [0.29, 0.717) is 18.5 Å². The van der Waals surface area contributed by atoms with Crippen molar-refractivity contribution in [3.63, 3.8) is 0 Å². The van der Waals surface area contributed by atoms with Crippen LogP contribution in [0.4, 0.5) is 0 Å². The minimum Gasteiger partial charge on any atom is -0.353 e. The van der Waals surface area contributed by atoms with Gasteiger partial charge >= 0.3 is 0 Å². The predicted molar refractivity (Wildman–Crippen MR) is 67.4 cm³/mol. The minimum atomic E-state index is 0.210. The summed E-state index contributed by atoms with van der Waals surface area (Å²) in [6.07, 6.45) is 7.84. The fourth-order valence-electron chi connectivity index (χ4n) is 1.96. The molecule has 3 heteroatoms. The molecule has 94 valence electrons. The maximum absolute atomic E-state index is 11.4. The van der Waals surface area contributed by atoms with Crippen LogP contribution in [0.25, 0.3) is 0 Å². The van der Waals surface area contributed by atoms with Crippen LogP contribution in [-0.4, -0.2) is 24.5 Å². The van der Waals surface area contributed by atoms with Gasteiger partial charge in [0.1, 0.15) is 0 Å². The number of hydrogen-bond acceptors (Lipinski definition) is 2. The smallest absolute Gasteiger partial charge is 0.221 e. The van der Waals surface area contributed by atoms with E-state index < -0.39 is 0 Å². The van der Waals surface area contributed by atoms with Crippen molar-refractivity contribution in [2.24, 2.45) is 0 Å². The van der Waals surface area contributed by atoms with E-state index in [1.165, 1.54) is 38.5 Å². The first-order valence-corrected chi connectivity index (χ1v) is 6.79. The molecule has 16 heavy (non-hydrogen) atoms. The molecular formula is C13H26N2O. The predicted octanol–water partition coefficient (Wildman–Crippen LogP) is 2.21. The van der Waals surface area contributed by atoms with E-state index in [-0.39, 0.29) is 5.91 Å². The molecule has 0 heterocycles. The fraction of sp³-hybridized carbons (Fsp3) is 0.923. The van der Waals surface area contributed by atoms with Crippen molar-refractivity contribution in [1.29, 1.82) is 0 Å². The molecule has 0 bridgehead atoms. The summed E-state index contributed by atoms with van der Waals surface area (Å²) in [5, 5.41) is 6.50. The van der Waals surface area contributed by atoms with E-state index in [9.17, 15) is 4.79 Å². The Hall–Kier alpha value is -0.570. The molecule has 3 nitrogen and oxygen atoms in total. The lowest BCUT2D eigenvalue weighted by molar-refractivity contribution is -0.121. The van der Waals surface area contributed by atoms with Gasteiger partial charge < -0.3 is 10.6 Å². The van der Waals surface area contributed by atoms with Gasteiger partial charge in [0.05, 0.1) is 0 Å². The Morgan fingerprint density at radius 1 is 1.25 bits per heavy atom. The molecule has 0 unspecified atom stereocenters. The van der Waals surface area contributed by atoms with Crippen molar-refractivity contribution in [3.8, 4) is 0 Å². The van der Waals surface area contributed by atoms with Gasteiger partial charge in [-0.15, -0.1) is 0 Å². The molecule has 1 saturated carbocycles. The van der Waals surface area contributed by atoms with E-state index in [1.54, 1.807) is 0 Å². The first kappa shape index (κ1) is 13.5. The molecule has 0 aliphatic heterocycles. The topological polar surface area (TPSA) is 41.1 Å². The Kier molecular flexibility index (Phi) is 6.46. The highest BCUT2D eigenvalue weighted by Gasteiger charge is 2.22. The van der Waals surface area contributed by atoms with Gasteiger partial charge in [-0.25, -0.2) is 0 Å². The molecule has 1 amide bonds. The lowest BCUT2D eigenvalue weighted by Crippen LogP contribution is -2.34. The zero-order chi connectivity index (χ0) is 11.8. The maximum atomic E-state index is 11.4. The highest BCUT2D eigenvalue weighted by molar-refractivity contribution is 5.76. The summed E-state index contributed by atoms with van der Waals surface area (Å²) in [4.78, 5) is 11.4. The standard InChI is InChI=1S/C13H26N2O/c1-3-5-11(6-4-2)14-10-9-13(16)15-12-7-8-12/h11-12,14H,3-10H2,1-2H3,(H,15,16). The molecule has 1 fully saturated rings. The van der Waals surface area contributed by atoms with Gasteiger partial charge in [0.15, 0.2) is 0 Å². The van der Waals surface area contributed by atoms with Gasteiger partial charge in [0.2, 0.25) is 5.91 Å². The van der Waals surface area contributed by atoms with Gasteiger partial charge in [0.25, 0.3) is 0 Å². The van der Waals surface area contributed by atoms with Crippen LogP contribution in [-0.2, 0) is 4.79 Å². The third-order valence-corrected chi connectivity index (χ3v) is 3.00. The minimum absolute atomic E-state index is 0.210. The number of carbonyl (C=O) groups is 1. The largest absolute Gasteiger partial charge is 0.353 e. The second kappa shape index (κ2) is 7.66. The van der Waals surface area contributed by atoms with Crippen LogP contribution >= 0.6 is 0 Å². The van der Waals surface area contributed by atoms with Crippen molar-refractivity contribution in [2.75, 3.05) is 6.54 Å². The average Bonchev–Trinajstić information content (AvgIpc) is 3.02. The van der Waals surface area contributed by atoms with Gasteiger partial charge in [0, 0.05) is 25.0 Å². The summed E-state index contributed by atoms with van der Waals surface area (Å²) < 4.78 is 0. The SMILES string of the molecule is CCCC(CCC)NCCC(=O)NC1CC1. The summed E-state index contributed by atoms with van der Waals surface area (Å²) in [5.74, 6) is 0.210. The molecule has 0 aromatic rings. The van der Waals surface area contributed by atoms with Crippen molar-refractivity contribution in [1.82, 2.24) is 10.6 Å². The number of hydrogen-bond donors (Lipinski definition) is 2. The Labute approximate surface area is 99.4 Å². The number of rotatable bonds is 9. The van der Waals surface area contributed by atoms with Crippen molar-refractivity contribution in [2.45, 2.75) is 70.9 Å². The molecule has 0 aromatic heterocycles. The molecule has 0 spiro atoms. The second-order valence-electron chi connectivity index (χ2n) is 4.82. The van der Waals surface area contributed by atoms with E-state index in [4.69, 9.17) is 0 Å².